The topological polar surface area (TPSA) is 12.0 Å². The Morgan fingerprint density at radius 2 is 2.24 bits per heavy atom. The lowest BCUT2D eigenvalue weighted by Gasteiger charge is -2.24. The lowest BCUT2D eigenvalue weighted by Crippen LogP contribution is -2.28. The van der Waals surface area contributed by atoms with Crippen LogP contribution >= 0.6 is 27.3 Å². The maximum atomic E-state index is 3.74. The fourth-order valence-corrected chi connectivity index (χ4v) is 4.13. The first-order valence-corrected chi connectivity index (χ1v) is 8.23. The van der Waals surface area contributed by atoms with Gasteiger partial charge in [0, 0.05) is 20.3 Å². The molecule has 1 N–H and O–H groups in total. The molecule has 0 saturated heterocycles. The SMILES string of the molecule is CCCNC(c1cc(Br)c(C)s1)C(C)C1CC1. The quantitative estimate of drug-likeness (QED) is 0.786. The minimum Gasteiger partial charge on any atom is -0.309 e. The van der Waals surface area contributed by atoms with E-state index in [2.05, 4.69) is 48.1 Å². The molecule has 1 aromatic heterocycles. The van der Waals surface area contributed by atoms with E-state index in [9.17, 15) is 0 Å². The normalized spacial score (nSPS) is 19.3. The van der Waals surface area contributed by atoms with Gasteiger partial charge in [-0.3, -0.25) is 0 Å². The molecule has 0 aromatic carbocycles. The predicted octanol–water partition coefficient (Wildman–Crippen LogP) is 4.91. The molecular formula is C14H22BrNS. The van der Waals surface area contributed by atoms with E-state index in [4.69, 9.17) is 0 Å². The minimum atomic E-state index is 0.553. The van der Waals surface area contributed by atoms with Crippen LogP contribution in [-0.4, -0.2) is 6.54 Å². The third-order valence-electron chi connectivity index (χ3n) is 3.69. The Hall–Kier alpha value is 0.140. The zero-order valence-corrected chi connectivity index (χ0v) is 13.3. The molecular weight excluding hydrogens is 294 g/mol. The maximum absolute atomic E-state index is 3.74. The van der Waals surface area contributed by atoms with Crippen LogP contribution in [0.4, 0.5) is 0 Å². The third kappa shape index (κ3) is 3.33. The summed E-state index contributed by atoms with van der Waals surface area (Å²) in [6.45, 7) is 7.96. The standard InChI is InChI=1S/C14H22BrNS/c1-4-7-16-14(9(2)11-5-6-11)13-8-12(15)10(3)17-13/h8-9,11,14,16H,4-7H2,1-3H3. The summed E-state index contributed by atoms with van der Waals surface area (Å²) < 4.78 is 1.27. The first kappa shape index (κ1) is 13.6. The molecule has 2 rings (SSSR count). The molecule has 1 aliphatic rings. The second kappa shape index (κ2) is 5.85. The van der Waals surface area contributed by atoms with Gasteiger partial charge in [0.25, 0.3) is 0 Å². The van der Waals surface area contributed by atoms with Crippen LogP contribution in [0.2, 0.25) is 0 Å². The van der Waals surface area contributed by atoms with Crippen molar-refractivity contribution >= 4 is 27.3 Å². The molecule has 96 valence electrons. The number of thiophene rings is 1. The van der Waals surface area contributed by atoms with Crippen LogP contribution in [0.15, 0.2) is 10.5 Å². The lowest BCUT2D eigenvalue weighted by molar-refractivity contribution is 0.354. The molecule has 17 heavy (non-hydrogen) atoms. The summed E-state index contributed by atoms with van der Waals surface area (Å²) in [5, 5.41) is 3.74. The van der Waals surface area contributed by atoms with Gasteiger partial charge in [-0.15, -0.1) is 11.3 Å². The smallest absolute Gasteiger partial charge is 0.0443 e. The first-order chi connectivity index (χ1) is 8.13. The van der Waals surface area contributed by atoms with Gasteiger partial charge in [0.05, 0.1) is 0 Å². The van der Waals surface area contributed by atoms with Crippen molar-refractivity contribution in [2.24, 2.45) is 11.8 Å². The molecule has 3 heteroatoms. The Morgan fingerprint density at radius 3 is 2.71 bits per heavy atom. The molecule has 2 unspecified atom stereocenters. The van der Waals surface area contributed by atoms with Gasteiger partial charge in [0.1, 0.15) is 0 Å². The molecule has 1 heterocycles. The number of halogens is 1. The fraction of sp³-hybridized carbons (Fsp3) is 0.714. The second-order valence-corrected chi connectivity index (χ2v) is 7.32. The van der Waals surface area contributed by atoms with E-state index in [1.807, 2.05) is 11.3 Å². The highest BCUT2D eigenvalue weighted by molar-refractivity contribution is 9.10. The molecule has 0 aliphatic heterocycles. The Bertz CT molecular complexity index is 351. The average molecular weight is 316 g/mol. The van der Waals surface area contributed by atoms with Crippen molar-refractivity contribution in [2.45, 2.75) is 46.1 Å². The van der Waals surface area contributed by atoms with Gasteiger partial charge in [0.2, 0.25) is 0 Å². The van der Waals surface area contributed by atoms with Crippen molar-refractivity contribution in [3.05, 3.63) is 20.3 Å². The number of aryl methyl sites for hydroxylation is 1. The molecule has 0 spiro atoms. The van der Waals surface area contributed by atoms with E-state index in [0.29, 0.717) is 6.04 Å². The number of rotatable bonds is 6. The Morgan fingerprint density at radius 1 is 1.53 bits per heavy atom. The highest BCUT2D eigenvalue weighted by Crippen LogP contribution is 2.44. The summed E-state index contributed by atoms with van der Waals surface area (Å²) >= 11 is 5.57. The van der Waals surface area contributed by atoms with E-state index in [1.165, 1.54) is 33.5 Å². The van der Waals surface area contributed by atoms with Gasteiger partial charge in [0.15, 0.2) is 0 Å². The summed E-state index contributed by atoms with van der Waals surface area (Å²) in [5.41, 5.74) is 0. The van der Waals surface area contributed by atoms with Crippen LogP contribution in [0.1, 0.15) is 48.9 Å². The monoisotopic (exact) mass is 315 g/mol. The Balaban J connectivity index is 2.13. The van der Waals surface area contributed by atoms with Gasteiger partial charge in [-0.1, -0.05) is 13.8 Å². The number of hydrogen-bond donors (Lipinski definition) is 1. The lowest BCUT2D eigenvalue weighted by atomic mass is 9.95. The number of nitrogens with one attached hydrogen (secondary N) is 1. The third-order valence-corrected chi connectivity index (χ3v) is 5.91. The van der Waals surface area contributed by atoms with Crippen LogP contribution in [0.5, 0.6) is 0 Å². The summed E-state index contributed by atoms with van der Waals surface area (Å²) in [6.07, 6.45) is 4.06. The van der Waals surface area contributed by atoms with Crippen molar-refractivity contribution in [3.8, 4) is 0 Å². The van der Waals surface area contributed by atoms with Gasteiger partial charge in [-0.2, -0.15) is 0 Å². The zero-order chi connectivity index (χ0) is 12.4. The fourth-order valence-electron chi connectivity index (χ4n) is 2.37. The van der Waals surface area contributed by atoms with Gasteiger partial charge < -0.3 is 5.32 Å². The number of hydrogen-bond acceptors (Lipinski definition) is 2. The van der Waals surface area contributed by atoms with Crippen molar-refractivity contribution in [2.75, 3.05) is 6.54 Å². The summed E-state index contributed by atoms with van der Waals surface area (Å²) in [4.78, 5) is 2.90. The average Bonchev–Trinajstić information content (AvgIpc) is 3.08. The van der Waals surface area contributed by atoms with Crippen LogP contribution in [0, 0.1) is 18.8 Å². The highest BCUT2D eigenvalue weighted by atomic mass is 79.9. The predicted molar refractivity (Wildman–Crippen MR) is 79.7 cm³/mol. The minimum absolute atomic E-state index is 0.553. The van der Waals surface area contributed by atoms with Crippen molar-refractivity contribution in [3.63, 3.8) is 0 Å². The summed E-state index contributed by atoms with van der Waals surface area (Å²) in [6, 6.07) is 2.86. The molecule has 0 amide bonds. The maximum Gasteiger partial charge on any atom is 0.0443 e. The summed E-state index contributed by atoms with van der Waals surface area (Å²) in [5.74, 6) is 1.72. The van der Waals surface area contributed by atoms with E-state index < -0.39 is 0 Å². The molecule has 0 radical (unpaired) electrons. The molecule has 0 bridgehead atoms. The van der Waals surface area contributed by atoms with Gasteiger partial charge >= 0.3 is 0 Å². The van der Waals surface area contributed by atoms with E-state index in [1.54, 1.807) is 0 Å². The van der Waals surface area contributed by atoms with Crippen LogP contribution in [0.3, 0.4) is 0 Å². The molecule has 1 fully saturated rings. The molecule has 1 aromatic rings. The highest BCUT2D eigenvalue weighted by Gasteiger charge is 2.34. The van der Waals surface area contributed by atoms with Crippen LogP contribution in [-0.2, 0) is 0 Å². The van der Waals surface area contributed by atoms with Crippen molar-refractivity contribution in [1.82, 2.24) is 5.32 Å². The van der Waals surface area contributed by atoms with Crippen molar-refractivity contribution in [1.29, 1.82) is 0 Å². The first-order valence-electron chi connectivity index (χ1n) is 6.62. The van der Waals surface area contributed by atoms with Gasteiger partial charge in [-0.05, 0) is 66.6 Å². The van der Waals surface area contributed by atoms with E-state index >= 15 is 0 Å². The molecule has 1 saturated carbocycles. The second-order valence-electron chi connectivity index (χ2n) is 5.18. The van der Waals surface area contributed by atoms with Crippen LogP contribution in [0.25, 0.3) is 0 Å². The molecule has 1 nitrogen and oxygen atoms in total. The van der Waals surface area contributed by atoms with E-state index in [-0.39, 0.29) is 0 Å². The van der Waals surface area contributed by atoms with Crippen molar-refractivity contribution < 1.29 is 0 Å². The zero-order valence-electron chi connectivity index (χ0n) is 10.9. The van der Waals surface area contributed by atoms with Crippen LogP contribution < -0.4 is 5.32 Å². The Kier molecular flexibility index (Phi) is 4.67. The van der Waals surface area contributed by atoms with E-state index in [0.717, 1.165) is 18.4 Å². The molecule has 1 aliphatic carbocycles. The Labute approximate surface area is 117 Å². The largest absolute Gasteiger partial charge is 0.309 e. The summed E-state index contributed by atoms with van der Waals surface area (Å²) in [7, 11) is 0. The van der Waals surface area contributed by atoms with Gasteiger partial charge in [-0.25, -0.2) is 0 Å². The molecule has 2 atom stereocenters.